The van der Waals surface area contributed by atoms with Crippen molar-refractivity contribution >= 4 is 40.0 Å². The molecular weight excluding hydrogens is 333 g/mol. The molecule has 1 saturated heterocycles. The summed E-state index contributed by atoms with van der Waals surface area (Å²) in [6, 6.07) is 9.36. The van der Waals surface area contributed by atoms with E-state index in [1.165, 1.54) is 0 Å². The number of carbonyl (C=O) groups is 1. The number of ether oxygens (including phenoxy) is 1. The van der Waals surface area contributed by atoms with Crippen LogP contribution in [0.1, 0.15) is 0 Å². The SMILES string of the molecule is O=C(O)C1(CI)COC/C1=N\c1ccccc1. The van der Waals surface area contributed by atoms with Crippen LogP contribution in [0.4, 0.5) is 5.69 Å². The van der Waals surface area contributed by atoms with Crippen molar-refractivity contribution < 1.29 is 14.6 Å². The Morgan fingerprint density at radius 1 is 1.47 bits per heavy atom. The van der Waals surface area contributed by atoms with Crippen molar-refractivity contribution in [2.24, 2.45) is 10.4 Å². The van der Waals surface area contributed by atoms with Gasteiger partial charge >= 0.3 is 5.97 Å². The Morgan fingerprint density at radius 3 is 2.76 bits per heavy atom. The van der Waals surface area contributed by atoms with E-state index >= 15 is 0 Å². The molecule has 1 aromatic carbocycles. The number of rotatable bonds is 3. The highest BCUT2D eigenvalue weighted by molar-refractivity contribution is 14.1. The van der Waals surface area contributed by atoms with Gasteiger partial charge in [0.1, 0.15) is 5.41 Å². The Morgan fingerprint density at radius 2 is 2.18 bits per heavy atom. The molecule has 4 nitrogen and oxygen atoms in total. The van der Waals surface area contributed by atoms with Crippen molar-refractivity contribution in [2.45, 2.75) is 0 Å². The highest BCUT2D eigenvalue weighted by Gasteiger charge is 2.47. The number of halogens is 1. The van der Waals surface area contributed by atoms with Gasteiger partial charge in [-0.3, -0.25) is 9.79 Å². The quantitative estimate of drug-likeness (QED) is 0.676. The van der Waals surface area contributed by atoms with Gasteiger partial charge in [-0.25, -0.2) is 0 Å². The number of alkyl halides is 1. The number of carboxylic acids is 1. The van der Waals surface area contributed by atoms with Crippen LogP contribution in [0.5, 0.6) is 0 Å². The van der Waals surface area contributed by atoms with Crippen LogP contribution in [0.25, 0.3) is 0 Å². The molecule has 0 spiro atoms. The average Bonchev–Trinajstić information content (AvgIpc) is 2.74. The predicted octanol–water partition coefficient (Wildman–Crippen LogP) is 2.30. The minimum absolute atomic E-state index is 0.205. The van der Waals surface area contributed by atoms with Crippen molar-refractivity contribution in [3.63, 3.8) is 0 Å². The van der Waals surface area contributed by atoms with E-state index in [0.717, 1.165) is 5.69 Å². The molecule has 1 heterocycles. The molecule has 90 valence electrons. The Kier molecular flexibility index (Phi) is 3.78. The van der Waals surface area contributed by atoms with Gasteiger partial charge in [-0.15, -0.1) is 0 Å². The second kappa shape index (κ2) is 5.14. The molecule has 1 N–H and O–H groups in total. The second-order valence-corrected chi connectivity index (χ2v) is 4.67. The zero-order chi connectivity index (χ0) is 12.3. The van der Waals surface area contributed by atoms with E-state index in [1.54, 1.807) is 0 Å². The fourth-order valence-electron chi connectivity index (χ4n) is 1.70. The minimum Gasteiger partial charge on any atom is -0.480 e. The maximum atomic E-state index is 11.4. The number of hydrogen-bond acceptors (Lipinski definition) is 3. The Labute approximate surface area is 113 Å². The standard InChI is InChI=1S/C12H12INO3/c13-7-12(11(15)16)8-17-6-10(12)14-9-4-2-1-3-5-9/h1-5H,6-8H2,(H,15,16)/b14-10+. The van der Waals surface area contributed by atoms with Crippen LogP contribution in [0.15, 0.2) is 35.3 Å². The lowest BCUT2D eigenvalue weighted by Gasteiger charge is -2.19. The minimum atomic E-state index is -0.962. The third-order valence-electron chi connectivity index (χ3n) is 2.80. The van der Waals surface area contributed by atoms with E-state index in [9.17, 15) is 9.90 Å². The second-order valence-electron chi connectivity index (χ2n) is 3.91. The largest absolute Gasteiger partial charge is 0.480 e. The zero-order valence-electron chi connectivity index (χ0n) is 9.10. The third kappa shape index (κ3) is 2.35. The molecule has 5 heteroatoms. The van der Waals surface area contributed by atoms with Crippen LogP contribution in [0, 0.1) is 5.41 Å². The first-order valence-electron chi connectivity index (χ1n) is 5.19. The highest BCUT2D eigenvalue weighted by atomic mass is 127. The molecule has 0 aliphatic carbocycles. The molecule has 1 aromatic rings. The molecular formula is C12H12INO3. The molecule has 17 heavy (non-hydrogen) atoms. The van der Waals surface area contributed by atoms with E-state index in [0.29, 0.717) is 16.7 Å². The Bertz CT molecular complexity index is 446. The first kappa shape index (κ1) is 12.5. The summed E-state index contributed by atoms with van der Waals surface area (Å²) in [6.45, 7) is 0.501. The first-order chi connectivity index (χ1) is 8.19. The van der Waals surface area contributed by atoms with Crippen molar-refractivity contribution in [3.05, 3.63) is 30.3 Å². The van der Waals surface area contributed by atoms with E-state index < -0.39 is 11.4 Å². The number of para-hydroxylation sites is 1. The van der Waals surface area contributed by atoms with Gasteiger partial charge in [-0.1, -0.05) is 40.8 Å². The molecule has 0 saturated carbocycles. The van der Waals surface area contributed by atoms with E-state index in [1.807, 2.05) is 30.3 Å². The van der Waals surface area contributed by atoms with Crippen LogP contribution in [-0.4, -0.2) is 34.4 Å². The number of hydrogen-bond donors (Lipinski definition) is 1. The molecule has 0 radical (unpaired) electrons. The summed E-state index contributed by atoms with van der Waals surface area (Å²) >= 11 is 2.07. The third-order valence-corrected chi connectivity index (χ3v) is 4.10. The highest BCUT2D eigenvalue weighted by Crippen LogP contribution is 2.31. The molecule has 0 bridgehead atoms. The molecule has 0 amide bonds. The van der Waals surface area contributed by atoms with Crippen molar-refractivity contribution in [1.82, 2.24) is 0 Å². The summed E-state index contributed by atoms with van der Waals surface area (Å²) in [4.78, 5) is 15.8. The molecule has 2 rings (SSSR count). The molecule has 1 aliphatic rings. The number of aliphatic carboxylic acids is 1. The molecule has 1 aliphatic heterocycles. The topological polar surface area (TPSA) is 58.9 Å². The lowest BCUT2D eigenvalue weighted by atomic mass is 9.88. The number of carboxylic acid groups (broad SMARTS) is 1. The summed E-state index contributed by atoms with van der Waals surface area (Å²) in [5, 5.41) is 9.35. The lowest BCUT2D eigenvalue weighted by molar-refractivity contribution is -0.144. The van der Waals surface area contributed by atoms with Crippen LogP contribution >= 0.6 is 22.6 Å². The van der Waals surface area contributed by atoms with Gasteiger partial charge in [0, 0.05) is 4.43 Å². The van der Waals surface area contributed by atoms with Crippen LogP contribution in [0.2, 0.25) is 0 Å². The smallest absolute Gasteiger partial charge is 0.318 e. The van der Waals surface area contributed by atoms with E-state index in [2.05, 4.69) is 27.6 Å². The van der Waals surface area contributed by atoms with Crippen molar-refractivity contribution in [2.75, 3.05) is 17.6 Å². The number of aliphatic imine (C=N–C) groups is 1. The normalized spacial score (nSPS) is 26.3. The molecule has 1 fully saturated rings. The van der Waals surface area contributed by atoms with Gasteiger partial charge in [-0.2, -0.15) is 0 Å². The fraction of sp³-hybridized carbons (Fsp3) is 0.333. The van der Waals surface area contributed by atoms with Crippen molar-refractivity contribution in [1.29, 1.82) is 0 Å². The summed E-state index contributed by atoms with van der Waals surface area (Å²) in [5.74, 6) is -0.862. The van der Waals surface area contributed by atoms with Gasteiger partial charge in [0.25, 0.3) is 0 Å². The van der Waals surface area contributed by atoms with Crippen LogP contribution in [-0.2, 0) is 9.53 Å². The van der Waals surface area contributed by atoms with Gasteiger partial charge in [-0.05, 0) is 12.1 Å². The monoisotopic (exact) mass is 345 g/mol. The van der Waals surface area contributed by atoms with Crippen molar-refractivity contribution in [3.8, 4) is 0 Å². The average molecular weight is 345 g/mol. The van der Waals surface area contributed by atoms with E-state index in [4.69, 9.17) is 4.74 Å². The first-order valence-corrected chi connectivity index (χ1v) is 6.72. The number of nitrogens with zero attached hydrogens (tertiary/aromatic N) is 1. The Balaban J connectivity index is 2.38. The molecule has 1 atom stereocenters. The lowest BCUT2D eigenvalue weighted by Crippen LogP contribution is -2.40. The predicted molar refractivity (Wildman–Crippen MR) is 73.3 cm³/mol. The summed E-state index contributed by atoms with van der Waals surface area (Å²) in [6.07, 6.45) is 0. The molecule has 1 unspecified atom stereocenters. The maximum Gasteiger partial charge on any atom is 0.318 e. The van der Waals surface area contributed by atoms with Gasteiger partial charge in [0.2, 0.25) is 0 Å². The van der Waals surface area contributed by atoms with Crippen LogP contribution in [0.3, 0.4) is 0 Å². The summed E-state index contributed by atoms with van der Waals surface area (Å²) in [5.41, 5.74) is 0.408. The van der Waals surface area contributed by atoms with Gasteiger partial charge in [0.05, 0.1) is 24.6 Å². The van der Waals surface area contributed by atoms with Crippen LogP contribution < -0.4 is 0 Å². The van der Waals surface area contributed by atoms with Gasteiger partial charge in [0.15, 0.2) is 0 Å². The fourth-order valence-corrected chi connectivity index (χ4v) is 2.69. The number of benzene rings is 1. The Hall–Kier alpha value is -0.950. The summed E-state index contributed by atoms with van der Waals surface area (Å²) in [7, 11) is 0. The zero-order valence-corrected chi connectivity index (χ0v) is 11.3. The van der Waals surface area contributed by atoms with E-state index in [-0.39, 0.29) is 6.61 Å². The molecule has 0 aromatic heterocycles. The van der Waals surface area contributed by atoms with Gasteiger partial charge < -0.3 is 9.84 Å². The summed E-state index contributed by atoms with van der Waals surface area (Å²) < 4.78 is 5.75. The maximum absolute atomic E-state index is 11.4.